The molecule has 1 atom stereocenters. The predicted octanol–water partition coefficient (Wildman–Crippen LogP) is 2.73. The van der Waals surface area contributed by atoms with E-state index in [1.165, 1.54) is 12.0 Å². The first-order valence-corrected chi connectivity index (χ1v) is 7.81. The molecule has 1 aliphatic carbocycles. The quantitative estimate of drug-likeness (QED) is 0.929. The Bertz CT molecular complexity index is 471. The number of carbonyl (C=O) groups excluding carboxylic acids is 1. The Balaban J connectivity index is 0.00000161. The molecule has 116 valence electrons. The van der Waals surface area contributed by atoms with E-state index in [0.717, 1.165) is 45.3 Å². The standard InChI is InChI=1S/C17H24N2O.ClH/c18-11-8-14-5-4-12-19(13-14)16(20)17(9-10-17)15-6-2-1-3-7-15;/h1-3,6-7,14H,4-5,8-13,18H2;1H. The Labute approximate surface area is 133 Å². The van der Waals surface area contributed by atoms with Gasteiger partial charge in [0.25, 0.3) is 0 Å². The van der Waals surface area contributed by atoms with Gasteiger partial charge in [0.05, 0.1) is 5.41 Å². The van der Waals surface area contributed by atoms with Crippen LogP contribution in [0.2, 0.25) is 0 Å². The Morgan fingerprint density at radius 2 is 2.00 bits per heavy atom. The zero-order chi connectivity index (χ0) is 14.0. The van der Waals surface area contributed by atoms with Gasteiger partial charge in [-0.05, 0) is 50.1 Å². The lowest BCUT2D eigenvalue weighted by molar-refractivity contribution is -0.135. The fourth-order valence-corrected chi connectivity index (χ4v) is 3.53. The van der Waals surface area contributed by atoms with Gasteiger partial charge in [0.15, 0.2) is 0 Å². The number of rotatable bonds is 4. The van der Waals surface area contributed by atoms with Gasteiger partial charge in [-0.1, -0.05) is 30.3 Å². The highest BCUT2D eigenvalue weighted by molar-refractivity contribution is 5.91. The minimum Gasteiger partial charge on any atom is -0.342 e. The number of likely N-dealkylation sites (tertiary alicyclic amines) is 1. The zero-order valence-electron chi connectivity index (χ0n) is 12.5. The van der Waals surface area contributed by atoms with Crippen LogP contribution in [-0.4, -0.2) is 30.4 Å². The Morgan fingerprint density at radius 1 is 1.29 bits per heavy atom. The maximum atomic E-state index is 12.9. The molecule has 0 aromatic heterocycles. The van der Waals surface area contributed by atoms with Crippen molar-refractivity contribution in [1.82, 2.24) is 4.90 Å². The first-order chi connectivity index (χ1) is 9.76. The minimum atomic E-state index is -0.203. The number of halogens is 1. The SMILES string of the molecule is Cl.NCCC1CCCN(C(=O)C2(c3ccccc3)CC2)C1. The van der Waals surface area contributed by atoms with E-state index in [1.54, 1.807) is 0 Å². The second-order valence-electron chi connectivity index (χ2n) is 6.28. The number of carbonyl (C=O) groups is 1. The normalized spacial score (nSPS) is 23.3. The van der Waals surface area contributed by atoms with E-state index >= 15 is 0 Å². The van der Waals surface area contributed by atoms with Crippen molar-refractivity contribution in [2.24, 2.45) is 11.7 Å². The summed E-state index contributed by atoms with van der Waals surface area (Å²) < 4.78 is 0. The van der Waals surface area contributed by atoms with E-state index in [1.807, 2.05) is 18.2 Å². The summed E-state index contributed by atoms with van der Waals surface area (Å²) in [6.07, 6.45) is 5.41. The number of benzene rings is 1. The lowest BCUT2D eigenvalue weighted by Crippen LogP contribution is -2.45. The van der Waals surface area contributed by atoms with Crippen LogP contribution >= 0.6 is 12.4 Å². The van der Waals surface area contributed by atoms with Gasteiger partial charge < -0.3 is 10.6 Å². The van der Waals surface area contributed by atoms with E-state index in [2.05, 4.69) is 17.0 Å². The molecule has 4 heteroatoms. The van der Waals surface area contributed by atoms with Gasteiger partial charge in [0.2, 0.25) is 5.91 Å². The molecule has 21 heavy (non-hydrogen) atoms. The number of piperidine rings is 1. The smallest absolute Gasteiger partial charge is 0.233 e. The van der Waals surface area contributed by atoms with Crippen LogP contribution in [0.3, 0.4) is 0 Å². The van der Waals surface area contributed by atoms with Gasteiger partial charge >= 0.3 is 0 Å². The maximum Gasteiger partial charge on any atom is 0.233 e. The van der Waals surface area contributed by atoms with Crippen molar-refractivity contribution >= 4 is 18.3 Å². The third-order valence-electron chi connectivity index (χ3n) is 4.87. The molecule has 0 bridgehead atoms. The first-order valence-electron chi connectivity index (χ1n) is 7.81. The highest BCUT2D eigenvalue weighted by Crippen LogP contribution is 2.49. The molecule has 2 aliphatic rings. The summed E-state index contributed by atoms with van der Waals surface area (Å²) in [4.78, 5) is 15.0. The van der Waals surface area contributed by atoms with Crippen molar-refractivity contribution in [1.29, 1.82) is 0 Å². The third-order valence-corrected chi connectivity index (χ3v) is 4.87. The first kappa shape index (κ1) is 16.3. The fraction of sp³-hybridized carbons (Fsp3) is 0.588. The summed E-state index contributed by atoms with van der Waals surface area (Å²) in [6.45, 7) is 2.57. The van der Waals surface area contributed by atoms with Crippen LogP contribution in [0.25, 0.3) is 0 Å². The van der Waals surface area contributed by atoms with E-state index < -0.39 is 0 Å². The van der Waals surface area contributed by atoms with Gasteiger partial charge in [-0.2, -0.15) is 0 Å². The summed E-state index contributed by atoms with van der Waals surface area (Å²) in [5.41, 5.74) is 6.66. The molecule has 1 saturated carbocycles. The fourth-order valence-electron chi connectivity index (χ4n) is 3.53. The van der Waals surface area contributed by atoms with Crippen LogP contribution < -0.4 is 5.73 Å². The molecule has 3 nitrogen and oxygen atoms in total. The predicted molar refractivity (Wildman–Crippen MR) is 87.6 cm³/mol. The molecule has 1 heterocycles. The molecule has 1 aromatic rings. The lowest BCUT2D eigenvalue weighted by atomic mass is 9.90. The van der Waals surface area contributed by atoms with E-state index in [4.69, 9.17) is 5.73 Å². The summed E-state index contributed by atoms with van der Waals surface area (Å²) in [6, 6.07) is 10.3. The summed E-state index contributed by atoms with van der Waals surface area (Å²) in [5.74, 6) is 0.953. The summed E-state index contributed by atoms with van der Waals surface area (Å²) in [7, 11) is 0. The highest BCUT2D eigenvalue weighted by atomic mass is 35.5. The molecular weight excluding hydrogens is 284 g/mol. The molecule has 1 saturated heterocycles. The van der Waals surface area contributed by atoms with Crippen LogP contribution in [-0.2, 0) is 10.2 Å². The number of nitrogens with zero attached hydrogens (tertiary/aromatic N) is 1. The van der Waals surface area contributed by atoms with Crippen molar-refractivity contribution in [3.63, 3.8) is 0 Å². The van der Waals surface area contributed by atoms with Gasteiger partial charge in [0.1, 0.15) is 0 Å². The van der Waals surface area contributed by atoms with Gasteiger partial charge in [0, 0.05) is 13.1 Å². The van der Waals surface area contributed by atoms with Crippen molar-refractivity contribution in [3.8, 4) is 0 Å². The van der Waals surface area contributed by atoms with Crippen LogP contribution in [0, 0.1) is 5.92 Å². The largest absolute Gasteiger partial charge is 0.342 e. The minimum absolute atomic E-state index is 0. The summed E-state index contributed by atoms with van der Waals surface area (Å²) in [5, 5.41) is 0. The Hall–Kier alpha value is -1.06. The lowest BCUT2D eigenvalue weighted by Gasteiger charge is -2.35. The highest BCUT2D eigenvalue weighted by Gasteiger charge is 2.53. The topological polar surface area (TPSA) is 46.3 Å². The monoisotopic (exact) mass is 308 g/mol. The maximum absolute atomic E-state index is 12.9. The molecule has 2 N–H and O–H groups in total. The van der Waals surface area contributed by atoms with Gasteiger partial charge in [-0.3, -0.25) is 4.79 Å². The van der Waals surface area contributed by atoms with Gasteiger partial charge in [-0.15, -0.1) is 12.4 Å². The van der Waals surface area contributed by atoms with Crippen molar-refractivity contribution < 1.29 is 4.79 Å². The molecule has 1 aliphatic heterocycles. The number of nitrogens with two attached hydrogens (primary N) is 1. The average Bonchev–Trinajstić information content (AvgIpc) is 3.30. The molecule has 0 spiro atoms. The molecule has 1 aromatic carbocycles. The second-order valence-corrected chi connectivity index (χ2v) is 6.28. The number of hydrogen-bond donors (Lipinski definition) is 1. The molecule has 2 fully saturated rings. The van der Waals surface area contributed by atoms with Crippen LogP contribution in [0.15, 0.2) is 30.3 Å². The average molecular weight is 309 g/mol. The Kier molecular flexibility index (Phi) is 5.28. The molecule has 1 unspecified atom stereocenters. The third kappa shape index (κ3) is 3.24. The van der Waals surface area contributed by atoms with Crippen LogP contribution in [0.1, 0.15) is 37.7 Å². The second kappa shape index (κ2) is 6.80. The van der Waals surface area contributed by atoms with Gasteiger partial charge in [-0.25, -0.2) is 0 Å². The summed E-state index contributed by atoms with van der Waals surface area (Å²) >= 11 is 0. The van der Waals surface area contributed by atoms with Crippen LogP contribution in [0.5, 0.6) is 0 Å². The molecule has 0 radical (unpaired) electrons. The van der Waals surface area contributed by atoms with E-state index in [-0.39, 0.29) is 17.8 Å². The van der Waals surface area contributed by atoms with Crippen molar-refractivity contribution in [3.05, 3.63) is 35.9 Å². The molecule has 1 amide bonds. The number of amides is 1. The number of hydrogen-bond acceptors (Lipinski definition) is 2. The van der Waals surface area contributed by atoms with Crippen LogP contribution in [0.4, 0.5) is 0 Å². The van der Waals surface area contributed by atoms with Crippen molar-refractivity contribution in [2.45, 2.75) is 37.5 Å². The van der Waals surface area contributed by atoms with E-state index in [0.29, 0.717) is 11.8 Å². The molecule has 3 rings (SSSR count). The van der Waals surface area contributed by atoms with E-state index in [9.17, 15) is 4.79 Å². The molecular formula is C17H25ClN2O. The van der Waals surface area contributed by atoms with Crippen molar-refractivity contribution in [2.75, 3.05) is 19.6 Å². The zero-order valence-corrected chi connectivity index (χ0v) is 13.3. The Morgan fingerprint density at radius 3 is 2.62 bits per heavy atom.